The minimum atomic E-state index is -0.347. The Hall–Kier alpha value is -2.73. The van der Waals surface area contributed by atoms with Crippen molar-refractivity contribution in [3.63, 3.8) is 0 Å². The topological polar surface area (TPSA) is 51.2 Å². The minimum absolute atomic E-state index is 0.118. The van der Waals surface area contributed by atoms with Gasteiger partial charge in [-0.1, -0.05) is 0 Å². The number of nitrogens with zero attached hydrogens (tertiary/aromatic N) is 1. The molecule has 1 aromatic heterocycles. The second kappa shape index (κ2) is 7.23. The standard InChI is InChI=1S/C18H15FN2O2S/c1-12-11-24-18(20-12)13-2-8-16(9-3-13)23-10-17(22)21-15-6-4-14(19)5-7-15/h2-9,11H,10H2,1H3,(H,21,22). The lowest BCUT2D eigenvalue weighted by molar-refractivity contribution is -0.118. The molecular weight excluding hydrogens is 327 g/mol. The van der Waals surface area contributed by atoms with Gasteiger partial charge in [-0.05, 0) is 55.5 Å². The average molecular weight is 342 g/mol. The first-order chi connectivity index (χ1) is 11.6. The van der Waals surface area contributed by atoms with Crippen LogP contribution in [0.4, 0.5) is 10.1 Å². The van der Waals surface area contributed by atoms with Crippen LogP contribution in [0.2, 0.25) is 0 Å². The molecule has 1 heterocycles. The summed E-state index contributed by atoms with van der Waals surface area (Å²) in [6.45, 7) is 1.84. The summed E-state index contributed by atoms with van der Waals surface area (Å²) in [6, 6.07) is 13.0. The third kappa shape index (κ3) is 4.17. The summed E-state index contributed by atoms with van der Waals surface area (Å²) in [5.74, 6) is -0.0534. The molecule has 6 heteroatoms. The maximum absolute atomic E-state index is 12.8. The number of hydrogen-bond acceptors (Lipinski definition) is 4. The lowest BCUT2D eigenvalue weighted by Gasteiger charge is -2.08. The summed E-state index contributed by atoms with van der Waals surface area (Å²) in [5.41, 5.74) is 2.53. The Morgan fingerprint density at radius 2 is 1.88 bits per heavy atom. The van der Waals surface area contributed by atoms with Gasteiger partial charge in [-0.2, -0.15) is 0 Å². The number of aromatic nitrogens is 1. The van der Waals surface area contributed by atoms with Gasteiger partial charge in [0.15, 0.2) is 6.61 Å². The van der Waals surface area contributed by atoms with Crippen LogP contribution in [0.3, 0.4) is 0 Å². The summed E-state index contributed by atoms with van der Waals surface area (Å²) in [6.07, 6.45) is 0. The van der Waals surface area contributed by atoms with E-state index in [1.165, 1.54) is 24.3 Å². The first kappa shape index (κ1) is 16.1. The zero-order valence-electron chi connectivity index (χ0n) is 13.0. The highest BCUT2D eigenvalue weighted by Gasteiger charge is 2.06. The van der Waals surface area contributed by atoms with Gasteiger partial charge in [0.2, 0.25) is 0 Å². The van der Waals surface area contributed by atoms with E-state index in [-0.39, 0.29) is 18.3 Å². The zero-order valence-corrected chi connectivity index (χ0v) is 13.8. The molecule has 0 bridgehead atoms. The van der Waals surface area contributed by atoms with Crippen molar-refractivity contribution in [3.05, 3.63) is 65.4 Å². The van der Waals surface area contributed by atoms with Crippen molar-refractivity contribution in [2.75, 3.05) is 11.9 Å². The van der Waals surface area contributed by atoms with Gasteiger partial charge in [-0.15, -0.1) is 11.3 Å². The van der Waals surface area contributed by atoms with Crippen molar-refractivity contribution in [1.29, 1.82) is 0 Å². The second-order valence-electron chi connectivity index (χ2n) is 5.16. The molecule has 0 saturated heterocycles. The van der Waals surface area contributed by atoms with Crippen molar-refractivity contribution >= 4 is 22.9 Å². The largest absolute Gasteiger partial charge is 0.484 e. The number of aryl methyl sites for hydroxylation is 1. The monoisotopic (exact) mass is 342 g/mol. The van der Waals surface area contributed by atoms with E-state index >= 15 is 0 Å². The van der Waals surface area contributed by atoms with Gasteiger partial charge in [0.1, 0.15) is 16.6 Å². The van der Waals surface area contributed by atoms with E-state index in [1.807, 2.05) is 24.4 Å². The van der Waals surface area contributed by atoms with Crippen LogP contribution < -0.4 is 10.1 Å². The van der Waals surface area contributed by atoms with E-state index in [0.29, 0.717) is 11.4 Å². The predicted molar refractivity (Wildman–Crippen MR) is 92.8 cm³/mol. The van der Waals surface area contributed by atoms with Crippen LogP contribution in [0.25, 0.3) is 10.6 Å². The normalized spacial score (nSPS) is 10.4. The van der Waals surface area contributed by atoms with E-state index < -0.39 is 0 Å². The van der Waals surface area contributed by atoms with Gasteiger partial charge in [0.25, 0.3) is 5.91 Å². The van der Waals surface area contributed by atoms with Crippen LogP contribution in [0.5, 0.6) is 5.75 Å². The molecule has 3 aromatic rings. The number of benzene rings is 2. The maximum atomic E-state index is 12.8. The van der Waals surface area contributed by atoms with Gasteiger partial charge in [-0.3, -0.25) is 4.79 Å². The van der Waals surface area contributed by atoms with E-state index in [0.717, 1.165) is 16.3 Å². The van der Waals surface area contributed by atoms with Gasteiger partial charge in [0, 0.05) is 22.3 Å². The Bertz CT molecular complexity index is 829. The summed E-state index contributed by atoms with van der Waals surface area (Å²) >= 11 is 1.59. The summed E-state index contributed by atoms with van der Waals surface area (Å²) in [4.78, 5) is 16.2. The van der Waals surface area contributed by atoms with Gasteiger partial charge in [-0.25, -0.2) is 9.37 Å². The quantitative estimate of drug-likeness (QED) is 0.753. The third-order valence-electron chi connectivity index (χ3n) is 3.22. The molecule has 0 spiro atoms. The van der Waals surface area contributed by atoms with Crippen LogP contribution in [-0.2, 0) is 4.79 Å². The first-order valence-electron chi connectivity index (χ1n) is 7.31. The van der Waals surface area contributed by atoms with Crippen molar-refractivity contribution < 1.29 is 13.9 Å². The van der Waals surface area contributed by atoms with Crippen LogP contribution in [0.15, 0.2) is 53.9 Å². The van der Waals surface area contributed by atoms with Crippen LogP contribution in [0.1, 0.15) is 5.69 Å². The molecule has 0 aliphatic rings. The van der Waals surface area contributed by atoms with Gasteiger partial charge < -0.3 is 10.1 Å². The number of thiazole rings is 1. The molecule has 4 nitrogen and oxygen atoms in total. The molecule has 24 heavy (non-hydrogen) atoms. The summed E-state index contributed by atoms with van der Waals surface area (Å²) in [7, 11) is 0. The second-order valence-corrected chi connectivity index (χ2v) is 6.02. The fourth-order valence-electron chi connectivity index (χ4n) is 2.06. The Balaban J connectivity index is 1.54. The smallest absolute Gasteiger partial charge is 0.262 e. The minimum Gasteiger partial charge on any atom is -0.484 e. The zero-order chi connectivity index (χ0) is 16.9. The molecule has 0 radical (unpaired) electrons. The lowest BCUT2D eigenvalue weighted by Crippen LogP contribution is -2.20. The molecule has 1 amide bonds. The van der Waals surface area contributed by atoms with E-state index in [2.05, 4.69) is 10.3 Å². The van der Waals surface area contributed by atoms with Gasteiger partial charge in [0.05, 0.1) is 0 Å². The van der Waals surface area contributed by atoms with E-state index in [4.69, 9.17) is 4.74 Å². The average Bonchev–Trinajstić information content (AvgIpc) is 3.02. The van der Waals surface area contributed by atoms with E-state index in [1.54, 1.807) is 23.5 Å². The molecular formula is C18H15FN2O2S. The van der Waals surface area contributed by atoms with Crippen molar-refractivity contribution in [2.45, 2.75) is 6.92 Å². The fraction of sp³-hybridized carbons (Fsp3) is 0.111. The number of ether oxygens (including phenoxy) is 1. The number of halogens is 1. The molecule has 2 aromatic carbocycles. The number of carbonyl (C=O) groups is 1. The summed E-state index contributed by atoms with van der Waals surface area (Å²) < 4.78 is 18.3. The molecule has 1 N–H and O–H groups in total. The number of amides is 1. The number of hydrogen-bond donors (Lipinski definition) is 1. The van der Waals surface area contributed by atoms with Crippen LogP contribution >= 0.6 is 11.3 Å². The molecule has 0 atom stereocenters. The summed E-state index contributed by atoms with van der Waals surface area (Å²) in [5, 5.41) is 5.59. The SMILES string of the molecule is Cc1csc(-c2ccc(OCC(=O)Nc3ccc(F)cc3)cc2)n1. The molecule has 0 fully saturated rings. The first-order valence-corrected chi connectivity index (χ1v) is 8.19. The highest BCUT2D eigenvalue weighted by atomic mass is 32.1. The number of nitrogens with one attached hydrogen (secondary N) is 1. The highest BCUT2D eigenvalue weighted by molar-refractivity contribution is 7.13. The Morgan fingerprint density at radius 1 is 1.17 bits per heavy atom. The molecule has 0 aliphatic carbocycles. The highest BCUT2D eigenvalue weighted by Crippen LogP contribution is 2.25. The molecule has 0 aliphatic heterocycles. The molecule has 0 unspecified atom stereocenters. The molecule has 122 valence electrons. The van der Waals surface area contributed by atoms with Crippen molar-refractivity contribution in [1.82, 2.24) is 4.98 Å². The molecule has 3 rings (SSSR count). The van der Waals surface area contributed by atoms with Gasteiger partial charge >= 0.3 is 0 Å². The third-order valence-corrected chi connectivity index (χ3v) is 4.23. The Labute approximate surface area is 142 Å². The lowest BCUT2D eigenvalue weighted by atomic mass is 10.2. The Morgan fingerprint density at radius 3 is 2.50 bits per heavy atom. The number of anilines is 1. The maximum Gasteiger partial charge on any atom is 0.262 e. The predicted octanol–water partition coefficient (Wildman–Crippen LogP) is 4.28. The van der Waals surface area contributed by atoms with E-state index in [9.17, 15) is 9.18 Å². The molecule has 0 saturated carbocycles. The van der Waals surface area contributed by atoms with Crippen LogP contribution in [-0.4, -0.2) is 17.5 Å². The van der Waals surface area contributed by atoms with Crippen molar-refractivity contribution in [3.8, 4) is 16.3 Å². The van der Waals surface area contributed by atoms with Crippen molar-refractivity contribution in [2.24, 2.45) is 0 Å². The number of rotatable bonds is 5. The Kier molecular flexibility index (Phi) is 4.86. The fourth-order valence-corrected chi connectivity index (χ4v) is 2.86. The van der Waals surface area contributed by atoms with Crippen LogP contribution in [0, 0.1) is 12.7 Å². The number of carbonyl (C=O) groups excluding carboxylic acids is 1.